The van der Waals surface area contributed by atoms with Crippen LogP contribution in [-0.2, 0) is 0 Å². The van der Waals surface area contributed by atoms with Gasteiger partial charge in [0.25, 0.3) is 0 Å². The molecule has 1 atom stereocenters. The van der Waals surface area contributed by atoms with Crippen LogP contribution in [0.2, 0.25) is 0 Å². The van der Waals surface area contributed by atoms with Gasteiger partial charge in [0.05, 0.1) is 0 Å². The molecule has 1 rings (SSSR count). The second-order valence-corrected chi connectivity index (χ2v) is 3.37. The van der Waals surface area contributed by atoms with Gasteiger partial charge in [0.2, 0.25) is 0 Å². The number of hydrogen-bond donors (Lipinski definition) is 3. The number of benzene rings is 1. The fraction of sp³-hybridized carbons (Fsp3) is 0.455. The molecule has 0 aliphatic rings. The zero-order valence-corrected chi connectivity index (χ0v) is 8.62. The molecule has 84 valence electrons. The summed E-state index contributed by atoms with van der Waals surface area (Å²) in [6.45, 7) is 1.32. The molecule has 0 radical (unpaired) electrons. The summed E-state index contributed by atoms with van der Waals surface area (Å²) in [6.07, 6.45) is 0.692. The standard InChI is InChI=1S/C11H17FN2O/c12-10-4-2-9(3-5-10)11(8-13)14-6-1-7-15/h2-5,11,14-15H,1,6-8,13H2. The van der Waals surface area contributed by atoms with E-state index in [9.17, 15) is 4.39 Å². The van der Waals surface area contributed by atoms with Gasteiger partial charge >= 0.3 is 0 Å². The highest BCUT2D eigenvalue weighted by Crippen LogP contribution is 2.12. The van der Waals surface area contributed by atoms with Crippen molar-refractivity contribution in [3.63, 3.8) is 0 Å². The Morgan fingerprint density at radius 1 is 1.33 bits per heavy atom. The minimum atomic E-state index is -0.245. The van der Waals surface area contributed by atoms with E-state index in [0.29, 0.717) is 19.5 Å². The highest BCUT2D eigenvalue weighted by atomic mass is 19.1. The third kappa shape index (κ3) is 3.95. The number of halogens is 1. The van der Waals surface area contributed by atoms with Crippen LogP contribution in [0.5, 0.6) is 0 Å². The molecule has 0 saturated heterocycles. The Hall–Kier alpha value is -0.970. The second-order valence-electron chi connectivity index (χ2n) is 3.37. The molecule has 1 aromatic rings. The lowest BCUT2D eigenvalue weighted by Crippen LogP contribution is -2.29. The van der Waals surface area contributed by atoms with Crippen molar-refractivity contribution in [2.75, 3.05) is 19.7 Å². The largest absolute Gasteiger partial charge is 0.396 e. The van der Waals surface area contributed by atoms with Crippen molar-refractivity contribution in [1.29, 1.82) is 0 Å². The predicted molar refractivity (Wildman–Crippen MR) is 57.9 cm³/mol. The molecule has 4 N–H and O–H groups in total. The van der Waals surface area contributed by atoms with Crippen molar-refractivity contribution in [3.8, 4) is 0 Å². The molecule has 15 heavy (non-hydrogen) atoms. The first kappa shape index (κ1) is 12.1. The SMILES string of the molecule is NCC(NCCCO)c1ccc(F)cc1. The molecule has 0 aromatic heterocycles. The first-order valence-corrected chi connectivity index (χ1v) is 5.07. The maximum absolute atomic E-state index is 12.7. The first-order chi connectivity index (χ1) is 7.27. The summed E-state index contributed by atoms with van der Waals surface area (Å²) in [5, 5.41) is 11.8. The van der Waals surface area contributed by atoms with Gasteiger partial charge in [-0.05, 0) is 30.7 Å². The Labute approximate surface area is 89.1 Å². The van der Waals surface area contributed by atoms with Gasteiger partial charge < -0.3 is 16.2 Å². The summed E-state index contributed by atoms with van der Waals surface area (Å²) in [6, 6.07) is 6.31. The molecule has 0 aliphatic heterocycles. The van der Waals surface area contributed by atoms with E-state index in [4.69, 9.17) is 10.8 Å². The molecule has 4 heteroatoms. The Balaban J connectivity index is 2.53. The van der Waals surface area contributed by atoms with Crippen LogP contribution in [0, 0.1) is 5.82 Å². The third-order valence-electron chi connectivity index (χ3n) is 2.23. The van der Waals surface area contributed by atoms with E-state index < -0.39 is 0 Å². The minimum Gasteiger partial charge on any atom is -0.396 e. The fourth-order valence-electron chi connectivity index (χ4n) is 1.39. The summed E-state index contributed by atoms with van der Waals surface area (Å²) < 4.78 is 12.7. The molecule has 0 amide bonds. The molecular weight excluding hydrogens is 195 g/mol. The van der Waals surface area contributed by atoms with Crippen molar-refractivity contribution in [2.45, 2.75) is 12.5 Å². The number of aliphatic hydroxyl groups excluding tert-OH is 1. The van der Waals surface area contributed by atoms with Crippen LogP contribution in [0.25, 0.3) is 0 Å². The van der Waals surface area contributed by atoms with E-state index in [0.717, 1.165) is 5.56 Å². The summed E-state index contributed by atoms with van der Waals surface area (Å²) in [7, 11) is 0. The Morgan fingerprint density at radius 2 is 2.00 bits per heavy atom. The van der Waals surface area contributed by atoms with Crippen LogP contribution < -0.4 is 11.1 Å². The fourth-order valence-corrected chi connectivity index (χ4v) is 1.39. The quantitative estimate of drug-likeness (QED) is 0.611. The minimum absolute atomic E-state index is 0.0251. The van der Waals surface area contributed by atoms with Crippen LogP contribution in [0.15, 0.2) is 24.3 Å². The molecule has 0 bridgehead atoms. The summed E-state index contributed by atoms with van der Waals surface area (Å²) in [5.41, 5.74) is 6.58. The zero-order chi connectivity index (χ0) is 11.1. The molecule has 0 aliphatic carbocycles. The van der Waals surface area contributed by atoms with Gasteiger partial charge in [0.15, 0.2) is 0 Å². The Morgan fingerprint density at radius 3 is 2.53 bits per heavy atom. The molecule has 0 saturated carbocycles. The summed E-state index contributed by atoms with van der Waals surface area (Å²) >= 11 is 0. The first-order valence-electron chi connectivity index (χ1n) is 5.07. The van der Waals surface area contributed by atoms with Crippen LogP contribution in [-0.4, -0.2) is 24.8 Å². The maximum atomic E-state index is 12.7. The number of nitrogens with two attached hydrogens (primary N) is 1. The lowest BCUT2D eigenvalue weighted by molar-refractivity contribution is 0.283. The average Bonchev–Trinajstić information content (AvgIpc) is 2.26. The van der Waals surface area contributed by atoms with Gasteiger partial charge in [-0.3, -0.25) is 0 Å². The molecule has 0 heterocycles. The van der Waals surface area contributed by atoms with Crippen molar-refractivity contribution in [1.82, 2.24) is 5.32 Å². The van der Waals surface area contributed by atoms with Crippen molar-refractivity contribution < 1.29 is 9.50 Å². The van der Waals surface area contributed by atoms with E-state index in [1.54, 1.807) is 12.1 Å². The van der Waals surface area contributed by atoms with Gasteiger partial charge in [-0.2, -0.15) is 0 Å². The van der Waals surface area contributed by atoms with Gasteiger partial charge in [-0.1, -0.05) is 12.1 Å². The van der Waals surface area contributed by atoms with Crippen molar-refractivity contribution >= 4 is 0 Å². The van der Waals surface area contributed by atoms with Crippen LogP contribution in [0.4, 0.5) is 4.39 Å². The molecule has 0 spiro atoms. The Bertz CT molecular complexity index is 276. The van der Waals surface area contributed by atoms with E-state index in [1.807, 2.05) is 0 Å². The number of nitrogens with one attached hydrogen (secondary N) is 1. The summed E-state index contributed by atoms with van der Waals surface area (Å²) in [5.74, 6) is -0.245. The monoisotopic (exact) mass is 212 g/mol. The molecule has 0 fully saturated rings. The second kappa shape index (κ2) is 6.50. The molecule has 3 nitrogen and oxygen atoms in total. The zero-order valence-electron chi connectivity index (χ0n) is 8.62. The normalized spacial score (nSPS) is 12.7. The van der Waals surface area contributed by atoms with Gasteiger partial charge in [-0.25, -0.2) is 4.39 Å². The average molecular weight is 212 g/mol. The third-order valence-corrected chi connectivity index (χ3v) is 2.23. The number of hydrogen-bond acceptors (Lipinski definition) is 3. The Kier molecular flexibility index (Phi) is 5.25. The topological polar surface area (TPSA) is 58.3 Å². The lowest BCUT2D eigenvalue weighted by Gasteiger charge is -2.16. The van der Waals surface area contributed by atoms with Crippen LogP contribution in [0.1, 0.15) is 18.0 Å². The predicted octanol–water partition coefficient (Wildman–Crippen LogP) is 0.798. The smallest absolute Gasteiger partial charge is 0.123 e. The van der Waals surface area contributed by atoms with E-state index in [-0.39, 0.29) is 18.5 Å². The number of aliphatic hydroxyl groups is 1. The highest BCUT2D eigenvalue weighted by molar-refractivity contribution is 5.20. The van der Waals surface area contributed by atoms with Crippen LogP contribution in [0.3, 0.4) is 0 Å². The van der Waals surface area contributed by atoms with E-state index in [1.165, 1.54) is 12.1 Å². The molecular formula is C11H17FN2O. The molecule has 1 aromatic carbocycles. The van der Waals surface area contributed by atoms with Crippen LogP contribution >= 0.6 is 0 Å². The van der Waals surface area contributed by atoms with Gasteiger partial charge in [0, 0.05) is 19.2 Å². The summed E-state index contributed by atoms with van der Waals surface area (Å²) in [4.78, 5) is 0. The number of rotatable bonds is 6. The van der Waals surface area contributed by atoms with Gasteiger partial charge in [0.1, 0.15) is 5.82 Å². The lowest BCUT2D eigenvalue weighted by atomic mass is 10.1. The van der Waals surface area contributed by atoms with Crippen molar-refractivity contribution in [3.05, 3.63) is 35.6 Å². The van der Waals surface area contributed by atoms with Crippen molar-refractivity contribution in [2.24, 2.45) is 5.73 Å². The highest BCUT2D eigenvalue weighted by Gasteiger charge is 2.07. The maximum Gasteiger partial charge on any atom is 0.123 e. The van der Waals surface area contributed by atoms with Gasteiger partial charge in [-0.15, -0.1) is 0 Å². The van der Waals surface area contributed by atoms with E-state index in [2.05, 4.69) is 5.32 Å². The van der Waals surface area contributed by atoms with E-state index >= 15 is 0 Å². The molecule has 1 unspecified atom stereocenters.